The lowest BCUT2D eigenvalue weighted by Crippen LogP contribution is -1.88. The summed E-state index contributed by atoms with van der Waals surface area (Å²) < 4.78 is 24.1. The second-order valence-electron chi connectivity index (χ2n) is 4.10. The molecule has 0 saturated carbocycles. The highest BCUT2D eigenvalue weighted by molar-refractivity contribution is 5.79. The predicted octanol–water partition coefficient (Wildman–Crippen LogP) is 3.22. The average molecular weight is 258 g/mol. The molecule has 96 valence electrons. The number of ether oxygens (including phenoxy) is 1. The average Bonchev–Trinajstić information content (AvgIpc) is 2.81. The Morgan fingerprint density at radius 2 is 2.05 bits per heavy atom. The molecule has 0 atom stereocenters. The van der Waals surface area contributed by atoms with E-state index in [0.717, 1.165) is 0 Å². The number of nitrogens with two attached hydrogens (primary N) is 1. The van der Waals surface area contributed by atoms with Crippen LogP contribution in [0.5, 0.6) is 5.75 Å². The number of nitrogens with zero attached hydrogens (tertiary/aromatic N) is 1. The number of fused-ring (bicyclic) bond motifs is 1. The molecule has 0 saturated heterocycles. The number of benzene rings is 2. The largest absolute Gasteiger partial charge is 0.494 e. The molecule has 0 radical (unpaired) electrons. The highest BCUT2D eigenvalue weighted by Crippen LogP contribution is 2.28. The maximum Gasteiger partial charge on any atom is 0.227 e. The fourth-order valence-electron chi connectivity index (χ4n) is 1.87. The van der Waals surface area contributed by atoms with Gasteiger partial charge >= 0.3 is 0 Å². The Morgan fingerprint density at radius 1 is 1.21 bits per heavy atom. The quantitative estimate of drug-likeness (QED) is 0.717. The van der Waals surface area contributed by atoms with Crippen molar-refractivity contribution >= 4 is 16.8 Å². The summed E-state index contributed by atoms with van der Waals surface area (Å²) in [6, 6.07) is 9.73. The normalized spacial score (nSPS) is 10.8. The molecule has 5 heteroatoms. The smallest absolute Gasteiger partial charge is 0.227 e. The van der Waals surface area contributed by atoms with Crippen LogP contribution in [0.25, 0.3) is 22.6 Å². The first-order chi connectivity index (χ1) is 9.17. The number of hydrogen-bond acceptors (Lipinski definition) is 4. The van der Waals surface area contributed by atoms with Crippen molar-refractivity contribution < 1.29 is 13.5 Å². The molecule has 0 aliphatic rings. The minimum Gasteiger partial charge on any atom is -0.494 e. The topological polar surface area (TPSA) is 61.3 Å². The van der Waals surface area contributed by atoms with Crippen molar-refractivity contribution in [1.29, 1.82) is 0 Å². The van der Waals surface area contributed by atoms with E-state index < -0.39 is 5.82 Å². The van der Waals surface area contributed by atoms with Crippen LogP contribution in [0.2, 0.25) is 0 Å². The lowest BCUT2D eigenvalue weighted by molar-refractivity contribution is 0.386. The molecule has 0 spiro atoms. The molecule has 3 aromatic rings. The molecule has 0 aliphatic carbocycles. The van der Waals surface area contributed by atoms with Crippen molar-refractivity contribution in [1.82, 2.24) is 4.98 Å². The molecule has 0 bridgehead atoms. The number of rotatable bonds is 2. The molecule has 0 amide bonds. The van der Waals surface area contributed by atoms with Gasteiger partial charge in [0, 0.05) is 11.3 Å². The number of methoxy groups -OCH3 is 1. The molecule has 0 fully saturated rings. The molecule has 2 N–H and O–H groups in total. The summed E-state index contributed by atoms with van der Waals surface area (Å²) in [7, 11) is 1.42. The van der Waals surface area contributed by atoms with E-state index in [2.05, 4.69) is 4.98 Å². The Kier molecular flexibility index (Phi) is 2.59. The van der Waals surface area contributed by atoms with Gasteiger partial charge in [-0.1, -0.05) is 0 Å². The Labute approximate surface area is 108 Å². The number of hydrogen-bond donors (Lipinski definition) is 1. The number of nitrogen functional groups attached to an aromatic ring is 1. The predicted molar refractivity (Wildman–Crippen MR) is 70.4 cm³/mol. The third-order valence-electron chi connectivity index (χ3n) is 2.81. The van der Waals surface area contributed by atoms with Crippen molar-refractivity contribution in [3.63, 3.8) is 0 Å². The molecule has 19 heavy (non-hydrogen) atoms. The fourth-order valence-corrected chi connectivity index (χ4v) is 1.87. The van der Waals surface area contributed by atoms with Gasteiger partial charge in [-0.2, -0.15) is 0 Å². The van der Waals surface area contributed by atoms with Crippen molar-refractivity contribution in [2.24, 2.45) is 0 Å². The Balaban J connectivity index is 2.11. The highest BCUT2D eigenvalue weighted by Gasteiger charge is 2.11. The van der Waals surface area contributed by atoms with Crippen LogP contribution in [0.1, 0.15) is 0 Å². The maximum atomic E-state index is 13.6. The number of aromatic nitrogens is 1. The highest BCUT2D eigenvalue weighted by atomic mass is 19.1. The van der Waals surface area contributed by atoms with Gasteiger partial charge in [0.1, 0.15) is 5.52 Å². The third kappa shape index (κ3) is 1.99. The first-order valence-electron chi connectivity index (χ1n) is 5.67. The summed E-state index contributed by atoms with van der Waals surface area (Å²) in [5.41, 5.74) is 8.09. The second kappa shape index (κ2) is 4.28. The second-order valence-corrected chi connectivity index (χ2v) is 4.10. The number of anilines is 1. The minimum atomic E-state index is -0.457. The monoisotopic (exact) mass is 258 g/mol. The van der Waals surface area contributed by atoms with Crippen molar-refractivity contribution in [2.75, 3.05) is 12.8 Å². The van der Waals surface area contributed by atoms with Crippen LogP contribution in [0.15, 0.2) is 40.8 Å². The Bertz CT molecular complexity index is 752. The van der Waals surface area contributed by atoms with Gasteiger partial charge in [0.05, 0.1) is 7.11 Å². The van der Waals surface area contributed by atoms with Crippen LogP contribution in [0.4, 0.5) is 10.1 Å². The number of oxazole rings is 1. The van der Waals surface area contributed by atoms with Crippen LogP contribution in [0, 0.1) is 5.82 Å². The summed E-state index contributed by atoms with van der Waals surface area (Å²) in [6.45, 7) is 0. The van der Waals surface area contributed by atoms with Crippen molar-refractivity contribution in [3.8, 4) is 17.2 Å². The van der Waals surface area contributed by atoms with E-state index in [9.17, 15) is 4.39 Å². The van der Waals surface area contributed by atoms with E-state index in [1.165, 1.54) is 19.2 Å². The molecular formula is C14H11FN2O2. The van der Waals surface area contributed by atoms with E-state index in [0.29, 0.717) is 28.2 Å². The van der Waals surface area contributed by atoms with Crippen LogP contribution in [-0.2, 0) is 0 Å². The zero-order valence-electron chi connectivity index (χ0n) is 10.2. The van der Waals surface area contributed by atoms with Gasteiger partial charge in [-0.25, -0.2) is 9.37 Å². The maximum absolute atomic E-state index is 13.6. The summed E-state index contributed by atoms with van der Waals surface area (Å²) in [6.07, 6.45) is 0. The van der Waals surface area contributed by atoms with Gasteiger partial charge in [-0.05, 0) is 36.4 Å². The molecule has 0 unspecified atom stereocenters. The number of halogens is 1. The first-order valence-corrected chi connectivity index (χ1v) is 5.67. The van der Waals surface area contributed by atoms with Gasteiger partial charge in [0.2, 0.25) is 5.89 Å². The standard InChI is InChI=1S/C14H11FN2O2/c1-18-12-4-2-8(6-10(12)15)14-17-11-7-9(16)3-5-13(11)19-14/h2-7H,16H2,1H3. The zero-order chi connectivity index (χ0) is 13.4. The molecule has 4 nitrogen and oxygen atoms in total. The van der Waals surface area contributed by atoms with Gasteiger partial charge in [0.15, 0.2) is 17.1 Å². The minimum absolute atomic E-state index is 0.184. The van der Waals surface area contributed by atoms with E-state index in [1.807, 2.05) is 0 Å². The summed E-state index contributed by atoms with van der Waals surface area (Å²) in [4.78, 5) is 4.29. The summed E-state index contributed by atoms with van der Waals surface area (Å²) in [5, 5.41) is 0. The molecule has 2 aromatic carbocycles. The van der Waals surface area contributed by atoms with Gasteiger partial charge < -0.3 is 14.9 Å². The Morgan fingerprint density at radius 3 is 2.79 bits per heavy atom. The lowest BCUT2D eigenvalue weighted by atomic mass is 10.2. The molecule has 1 heterocycles. The Hall–Kier alpha value is -2.56. The van der Waals surface area contributed by atoms with Crippen LogP contribution in [-0.4, -0.2) is 12.1 Å². The van der Waals surface area contributed by atoms with E-state index in [4.69, 9.17) is 14.9 Å². The molecule has 3 rings (SSSR count). The molecular weight excluding hydrogens is 247 g/mol. The van der Waals surface area contributed by atoms with E-state index >= 15 is 0 Å². The van der Waals surface area contributed by atoms with Crippen LogP contribution < -0.4 is 10.5 Å². The van der Waals surface area contributed by atoms with Gasteiger partial charge in [0.25, 0.3) is 0 Å². The molecule has 0 aliphatic heterocycles. The van der Waals surface area contributed by atoms with Crippen LogP contribution >= 0.6 is 0 Å². The van der Waals surface area contributed by atoms with Crippen molar-refractivity contribution in [2.45, 2.75) is 0 Å². The lowest BCUT2D eigenvalue weighted by Gasteiger charge is -2.02. The van der Waals surface area contributed by atoms with E-state index in [1.54, 1.807) is 24.3 Å². The van der Waals surface area contributed by atoms with Gasteiger partial charge in [-0.15, -0.1) is 0 Å². The zero-order valence-corrected chi connectivity index (χ0v) is 10.2. The van der Waals surface area contributed by atoms with Crippen LogP contribution in [0.3, 0.4) is 0 Å². The fraction of sp³-hybridized carbons (Fsp3) is 0.0714. The first kappa shape index (κ1) is 11.5. The summed E-state index contributed by atoms with van der Waals surface area (Å²) >= 11 is 0. The van der Waals surface area contributed by atoms with Gasteiger partial charge in [-0.3, -0.25) is 0 Å². The SMILES string of the molecule is COc1ccc(-c2nc3cc(N)ccc3o2)cc1F. The molecule has 1 aromatic heterocycles. The van der Waals surface area contributed by atoms with Crippen molar-refractivity contribution in [3.05, 3.63) is 42.2 Å². The summed E-state index contributed by atoms with van der Waals surface area (Å²) in [5.74, 6) is 0.0769. The van der Waals surface area contributed by atoms with E-state index in [-0.39, 0.29) is 5.75 Å². The third-order valence-corrected chi connectivity index (χ3v) is 2.81.